The van der Waals surface area contributed by atoms with Gasteiger partial charge in [-0.2, -0.15) is 0 Å². The minimum absolute atomic E-state index is 0.0831. The van der Waals surface area contributed by atoms with Gasteiger partial charge in [0, 0.05) is 27.1 Å². The molecular weight excluding hydrogens is 401 g/mol. The van der Waals surface area contributed by atoms with Gasteiger partial charge in [0.05, 0.1) is 14.2 Å². The highest BCUT2D eigenvalue weighted by Gasteiger charge is 2.13. The zero-order chi connectivity index (χ0) is 17.0. The first-order valence-corrected chi connectivity index (χ1v) is 8.60. The van der Waals surface area contributed by atoms with Crippen LogP contribution in [0.3, 0.4) is 0 Å². The Hall–Kier alpha value is -0.940. The molecule has 3 nitrogen and oxygen atoms in total. The number of rotatable bonds is 6. The van der Waals surface area contributed by atoms with Gasteiger partial charge in [0.2, 0.25) is 0 Å². The molecule has 0 fully saturated rings. The molecule has 0 radical (unpaired) electrons. The molecule has 1 N–H and O–H groups in total. The molecule has 2 aromatic rings. The van der Waals surface area contributed by atoms with Gasteiger partial charge in [0.15, 0.2) is 11.5 Å². The van der Waals surface area contributed by atoms with E-state index in [4.69, 9.17) is 32.7 Å². The summed E-state index contributed by atoms with van der Waals surface area (Å²) >= 11 is 15.8. The maximum Gasteiger partial charge on any atom is 0.161 e. The summed E-state index contributed by atoms with van der Waals surface area (Å²) in [5.41, 5.74) is 2.08. The van der Waals surface area contributed by atoms with Gasteiger partial charge in [-0.05, 0) is 42.3 Å². The van der Waals surface area contributed by atoms with Crippen LogP contribution in [0.4, 0.5) is 0 Å². The van der Waals surface area contributed by atoms with Crippen LogP contribution in [0.25, 0.3) is 0 Å². The highest BCUT2D eigenvalue weighted by molar-refractivity contribution is 9.10. The van der Waals surface area contributed by atoms with E-state index in [0.29, 0.717) is 28.1 Å². The van der Waals surface area contributed by atoms with Crippen LogP contribution in [0.5, 0.6) is 11.5 Å². The first-order chi connectivity index (χ1) is 11.0. The Bertz CT molecular complexity index is 695. The normalized spacial score (nSPS) is 12.1. The first-order valence-electron chi connectivity index (χ1n) is 7.05. The maximum atomic E-state index is 6.25. The van der Waals surface area contributed by atoms with E-state index in [1.165, 1.54) is 0 Å². The summed E-state index contributed by atoms with van der Waals surface area (Å²) in [4.78, 5) is 0. The topological polar surface area (TPSA) is 30.5 Å². The van der Waals surface area contributed by atoms with Crippen molar-refractivity contribution in [2.24, 2.45) is 0 Å². The molecule has 23 heavy (non-hydrogen) atoms. The molecule has 0 saturated heterocycles. The summed E-state index contributed by atoms with van der Waals surface area (Å²) in [6, 6.07) is 9.46. The fraction of sp³-hybridized carbons (Fsp3) is 0.294. The average Bonchev–Trinajstić information content (AvgIpc) is 2.53. The van der Waals surface area contributed by atoms with Crippen molar-refractivity contribution in [3.63, 3.8) is 0 Å². The smallest absolute Gasteiger partial charge is 0.161 e. The fourth-order valence-electron chi connectivity index (χ4n) is 2.26. The Morgan fingerprint density at radius 1 is 1.09 bits per heavy atom. The molecule has 0 heterocycles. The molecular formula is C17H18BrCl2NO2. The largest absolute Gasteiger partial charge is 0.493 e. The number of nitrogens with one attached hydrogen (secondary N) is 1. The lowest BCUT2D eigenvalue weighted by molar-refractivity contribution is 0.354. The Kier molecular flexibility index (Phi) is 6.60. The van der Waals surface area contributed by atoms with Gasteiger partial charge in [0.1, 0.15) is 0 Å². The molecule has 0 aromatic heterocycles. The van der Waals surface area contributed by atoms with Crippen LogP contribution in [-0.2, 0) is 6.54 Å². The third-order valence-corrected chi connectivity index (χ3v) is 4.88. The number of ether oxygens (including phenoxy) is 2. The molecule has 0 bridgehead atoms. The SMILES string of the molecule is COc1cc(Br)c(CNC(C)c2ccc(Cl)cc2Cl)cc1OC. The van der Waals surface area contributed by atoms with Crippen LogP contribution >= 0.6 is 39.1 Å². The summed E-state index contributed by atoms with van der Waals surface area (Å²) in [6.07, 6.45) is 0. The molecule has 124 valence electrons. The van der Waals surface area contributed by atoms with E-state index in [1.54, 1.807) is 20.3 Å². The maximum absolute atomic E-state index is 6.25. The van der Waals surface area contributed by atoms with Crippen LogP contribution in [0.1, 0.15) is 24.1 Å². The molecule has 0 aliphatic carbocycles. The number of hydrogen-bond donors (Lipinski definition) is 1. The second-order valence-electron chi connectivity index (χ2n) is 5.07. The van der Waals surface area contributed by atoms with Gasteiger partial charge >= 0.3 is 0 Å². The average molecular weight is 419 g/mol. The van der Waals surface area contributed by atoms with Crippen LogP contribution in [0, 0.1) is 0 Å². The molecule has 0 amide bonds. The predicted octanol–water partition coefficient (Wildman–Crippen LogP) is 5.62. The minimum Gasteiger partial charge on any atom is -0.493 e. The number of benzene rings is 2. The van der Waals surface area contributed by atoms with Gasteiger partial charge in [0.25, 0.3) is 0 Å². The number of methoxy groups -OCH3 is 2. The minimum atomic E-state index is 0.0831. The van der Waals surface area contributed by atoms with Crippen LogP contribution in [-0.4, -0.2) is 14.2 Å². The third kappa shape index (κ3) is 4.54. The lowest BCUT2D eigenvalue weighted by Gasteiger charge is -2.18. The summed E-state index contributed by atoms with van der Waals surface area (Å²) in [5.74, 6) is 1.39. The van der Waals surface area contributed by atoms with Gasteiger partial charge in [-0.25, -0.2) is 0 Å². The highest BCUT2D eigenvalue weighted by Crippen LogP contribution is 2.34. The predicted molar refractivity (Wildman–Crippen MR) is 99.0 cm³/mol. The molecule has 0 aliphatic heterocycles. The van der Waals surface area contributed by atoms with Crippen molar-refractivity contribution in [2.45, 2.75) is 19.5 Å². The second-order valence-corrected chi connectivity index (χ2v) is 6.76. The Balaban J connectivity index is 2.14. The van der Waals surface area contributed by atoms with Crippen molar-refractivity contribution in [3.8, 4) is 11.5 Å². The molecule has 0 spiro atoms. The summed E-state index contributed by atoms with van der Waals surface area (Å²) in [7, 11) is 3.24. The molecule has 1 unspecified atom stereocenters. The lowest BCUT2D eigenvalue weighted by atomic mass is 10.1. The van der Waals surface area contributed by atoms with Crippen LogP contribution in [0.15, 0.2) is 34.8 Å². The van der Waals surface area contributed by atoms with Crippen molar-refractivity contribution in [3.05, 3.63) is 56.0 Å². The third-order valence-electron chi connectivity index (χ3n) is 3.58. The molecule has 1 atom stereocenters. The molecule has 2 aromatic carbocycles. The van der Waals surface area contributed by atoms with E-state index in [-0.39, 0.29) is 6.04 Å². The molecule has 6 heteroatoms. The van der Waals surface area contributed by atoms with E-state index < -0.39 is 0 Å². The van der Waals surface area contributed by atoms with Gasteiger partial charge < -0.3 is 14.8 Å². The zero-order valence-corrected chi connectivity index (χ0v) is 16.2. The number of hydrogen-bond acceptors (Lipinski definition) is 3. The summed E-state index contributed by atoms with van der Waals surface area (Å²) in [6.45, 7) is 2.71. The van der Waals surface area contributed by atoms with E-state index in [9.17, 15) is 0 Å². The fourth-order valence-corrected chi connectivity index (χ4v) is 3.29. The zero-order valence-electron chi connectivity index (χ0n) is 13.1. The van der Waals surface area contributed by atoms with Crippen molar-refractivity contribution in [1.29, 1.82) is 0 Å². The standard InChI is InChI=1S/C17H18BrCl2NO2/c1-10(13-5-4-12(19)7-15(13)20)21-9-11-6-16(22-2)17(23-3)8-14(11)18/h4-8,10,21H,9H2,1-3H3. The Morgan fingerprint density at radius 2 is 1.74 bits per heavy atom. The quantitative estimate of drug-likeness (QED) is 0.659. The first kappa shape index (κ1) is 18.4. The van der Waals surface area contributed by atoms with Crippen molar-refractivity contribution >= 4 is 39.1 Å². The van der Waals surface area contributed by atoms with E-state index in [1.807, 2.05) is 24.3 Å². The van der Waals surface area contributed by atoms with Crippen molar-refractivity contribution in [2.75, 3.05) is 14.2 Å². The molecule has 0 aliphatic rings. The summed E-state index contributed by atoms with van der Waals surface area (Å²) in [5, 5.41) is 4.74. The van der Waals surface area contributed by atoms with Gasteiger partial charge in [-0.15, -0.1) is 0 Å². The van der Waals surface area contributed by atoms with Gasteiger partial charge in [-0.3, -0.25) is 0 Å². The highest BCUT2D eigenvalue weighted by atomic mass is 79.9. The van der Waals surface area contributed by atoms with E-state index in [0.717, 1.165) is 15.6 Å². The Morgan fingerprint density at radius 3 is 2.35 bits per heavy atom. The lowest BCUT2D eigenvalue weighted by Crippen LogP contribution is -2.18. The molecule has 2 rings (SSSR count). The summed E-state index contributed by atoms with van der Waals surface area (Å²) < 4.78 is 11.6. The van der Waals surface area contributed by atoms with Crippen molar-refractivity contribution < 1.29 is 9.47 Å². The van der Waals surface area contributed by atoms with E-state index in [2.05, 4.69) is 28.2 Å². The van der Waals surface area contributed by atoms with Crippen LogP contribution < -0.4 is 14.8 Å². The van der Waals surface area contributed by atoms with Gasteiger partial charge in [-0.1, -0.05) is 45.2 Å². The second kappa shape index (κ2) is 8.25. The van der Waals surface area contributed by atoms with Crippen molar-refractivity contribution in [1.82, 2.24) is 5.32 Å². The number of halogens is 3. The monoisotopic (exact) mass is 417 g/mol. The Labute approximate surface area is 155 Å². The van der Waals surface area contributed by atoms with Crippen LogP contribution in [0.2, 0.25) is 10.0 Å². The molecule has 0 saturated carbocycles. The van der Waals surface area contributed by atoms with E-state index >= 15 is 0 Å².